The normalized spacial score (nSPS) is 11.5. The molecule has 8 heteroatoms. The number of rotatable bonds is 3. The summed E-state index contributed by atoms with van der Waals surface area (Å²) in [5.74, 6) is 0.882. The summed E-state index contributed by atoms with van der Waals surface area (Å²) in [5.41, 5.74) is 6.82. The van der Waals surface area contributed by atoms with E-state index in [1.165, 1.54) is 11.8 Å². The highest BCUT2D eigenvalue weighted by atomic mass is 32.2. The van der Waals surface area contributed by atoms with E-state index in [-0.39, 0.29) is 0 Å². The summed E-state index contributed by atoms with van der Waals surface area (Å²) in [7, 11) is 1.94. The lowest BCUT2D eigenvalue weighted by Crippen LogP contribution is -2.01. The monoisotopic (exact) mass is 280 g/mol. The number of hydrogen-bond donors (Lipinski definition) is 1. The standard InChI is InChI=1S/C10H12N6S2/c1-6-13-14-10(15(6)2)18-8-7(5-11)16-3-4-17-9(16)12-8/h3-4H,5,11H2,1-2H3. The number of nitrogens with zero attached hydrogens (tertiary/aromatic N) is 5. The molecular formula is C10H12N6S2. The van der Waals surface area contributed by atoms with E-state index < -0.39 is 0 Å². The molecule has 0 unspecified atom stereocenters. The van der Waals surface area contributed by atoms with Crippen molar-refractivity contribution in [2.24, 2.45) is 12.8 Å². The van der Waals surface area contributed by atoms with Gasteiger partial charge < -0.3 is 10.3 Å². The maximum absolute atomic E-state index is 5.80. The van der Waals surface area contributed by atoms with Gasteiger partial charge in [0.1, 0.15) is 10.9 Å². The summed E-state index contributed by atoms with van der Waals surface area (Å²) >= 11 is 3.10. The molecule has 0 aromatic carbocycles. The van der Waals surface area contributed by atoms with Crippen molar-refractivity contribution >= 4 is 28.1 Å². The van der Waals surface area contributed by atoms with Crippen LogP contribution in [0.2, 0.25) is 0 Å². The summed E-state index contributed by atoms with van der Waals surface area (Å²) in [6.45, 7) is 2.38. The average Bonchev–Trinajstić information content (AvgIpc) is 2.99. The van der Waals surface area contributed by atoms with Gasteiger partial charge in [0, 0.05) is 25.2 Å². The van der Waals surface area contributed by atoms with E-state index >= 15 is 0 Å². The van der Waals surface area contributed by atoms with Gasteiger partial charge in [-0.2, -0.15) is 0 Å². The van der Waals surface area contributed by atoms with Crippen molar-refractivity contribution in [1.82, 2.24) is 24.1 Å². The highest BCUT2D eigenvalue weighted by molar-refractivity contribution is 7.99. The van der Waals surface area contributed by atoms with Crippen LogP contribution in [0.4, 0.5) is 0 Å². The Morgan fingerprint density at radius 2 is 2.28 bits per heavy atom. The highest BCUT2D eigenvalue weighted by Crippen LogP contribution is 2.30. The first-order chi connectivity index (χ1) is 8.70. The minimum Gasteiger partial charge on any atom is -0.325 e. The predicted molar refractivity (Wildman–Crippen MR) is 70.8 cm³/mol. The number of hydrogen-bond acceptors (Lipinski definition) is 6. The first kappa shape index (κ1) is 11.7. The summed E-state index contributed by atoms with van der Waals surface area (Å²) < 4.78 is 3.97. The Balaban J connectivity index is 2.04. The molecule has 0 saturated heterocycles. The number of imidazole rings is 1. The van der Waals surface area contributed by atoms with Gasteiger partial charge in [0.25, 0.3) is 0 Å². The SMILES string of the molecule is Cc1nnc(Sc2nc3sccn3c2CN)n1C. The first-order valence-electron chi connectivity index (χ1n) is 5.39. The lowest BCUT2D eigenvalue weighted by molar-refractivity contribution is 0.764. The Morgan fingerprint density at radius 3 is 2.94 bits per heavy atom. The fourth-order valence-electron chi connectivity index (χ4n) is 1.64. The number of thiazole rings is 1. The third-order valence-electron chi connectivity index (χ3n) is 2.76. The summed E-state index contributed by atoms with van der Waals surface area (Å²) in [6.07, 6.45) is 1.99. The van der Waals surface area contributed by atoms with Gasteiger partial charge in [-0.25, -0.2) is 4.98 Å². The Morgan fingerprint density at radius 1 is 1.44 bits per heavy atom. The smallest absolute Gasteiger partial charge is 0.197 e. The molecule has 2 N–H and O–H groups in total. The van der Waals surface area contributed by atoms with Gasteiger partial charge in [-0.3, -0.25) is 4.40 Å². The summed E-state index contributed by atoms with van der Waals surface area (Å²) in [4.78, 5) is 5.53. The van der Waals surface area contributed by atoms with Crippen LogP contribution in [-0.2, 0) is 13.6 Å². The van der Waals surface area contributed by atoms with Crippen LogP contribution in [-0.4, -0.2) is 24.1 Å². The van der Waals surface area contributed by atoms with Gasteiger partial charge in [0.15, 0.2) is 10.1 Å². The second-order valence-electron chi connectivity index (χ2n) is 3.81. The maximum Gasteiger partial charge on any atom is 0.197 e. The maximum atomic E-state index is 5.80. The third kappa shape index (κ3) is 1.73. The van der Waals surface area contributed by atoms with Gasteiger partial charge in [0.05, 0.1) is 5.69 Å². The molecule has 0 aliphatic rings. The fourth-order valence-corrected chi connectivity index (χ4v) is 3.39. The number of fused-ring (bicyclic) bond motifs is 1. The van der Waals surface area contributed by atoms with Crippen molar-refractivity contribution in [3.05, 3.63) is 23.1 Å². The van der Waals surface area contributed by atoms with E-state index in [1.807, 2.05) is 34.5 Å². The molecular weight excluding hydrogens is 268 g/mol. The molecule has 3 aromatic heterocycles. The minimum atomic E-state index is 0.455. The van der Waals surface area contributed by atoms with Crippen molar-refractivity contribution in [1.29, 1.82) is 0 Å². The van der Waals surface area contributed by atoms with Crippen molar-refractivity contribution in [3.8, 4) is 0 Å². The molecule has 0 aliphatic heterocycles. The van der Waals surface area contributed by atoms with Gasteiger partial charge in [-0.1, -0.05) is 0 Å². The molecule has 0 radical (unpaired) electrons. The lowest BCUT2D eigenvalue weighted by Gasteiger charge is -2.01. The summed E-state index contributed by atoms with van der Waals surface area (Å²) in [6, 6.07) is 0. The van der Waals surface area contributed by atoms with E-state index in [1.54, 1.807) is 11.3 Å². The van der Waals surface area contributed by atoms with E-state index in [9.17, 15) is 0 Å². The van der Waals surface area contributed by atoms with Crippen LogP contribution in [0.15, 0.2) is 21.8 Å². The molecule has 18 heavy (non-hydrogen) atoms. The second-order valence-corrected chi connectivity index (χ2v) is 5.64. The zero-order valence-electron chi connectivity index (χ0n) is 9.99. The molecule has 0 atom stereocenters. The van der Waals surface area contributed by atoms with Crippen LogP contribution in [0.5, 0.6) is 0 Å². The second kappa shape index (κ2) is 4.38. The average molecular weight is 280 g/mol. The van der Waals surface area contributed by atoms with Crippen LogP contribution >= 0.6 is 23.1 Å². The van der Waals surface area contributed by atoms with Crippen LogP contribution < -0.4 is 5.73 Å². The number of aryl methyl sites for hydroxylation is 1. The minimum absolute atomic E-state index is 0.455. The zero-order chi connectivity index (χ0) is 12.7. The Kier molecular flexibility index (Phi) is 2.84. The van der Waals surface area contributed by atoms with Gasteiger partial charge >= 0.3 is 0 Å². The molecule has 0 fully saturated rings. The van der Waals surface area contributed by atoms with Gasteiger partial charge in [-0.05, 0) is 18.7 Å². The molecule has 6 nitrogen and oxygen atoms in total. The molecule has 3 heterocycles. The van der Waals surface area contributed by atoms with Crippen molar-refractivity contribution in [3.63, 3.8) is 0 Å². The molecule has 0 amide bonds. The zero-order valence-corrected chi connectivity index (χ0v) is 11.6. The topological polar surface area (TPSA) is 74.0 Å². The van der Waals surface area contributed by atoms with Crippen LogP contribution in [0.1, 0.15) is 11.5 Å². The number of nitrogens with two attached hydrogens (primary N) is 1. The van der Waals surface area contributed by atoms with Crippen molar-refractivity contribution < 1.29 is 0 Å². The molecule has 0 saturated carbocycles. The largest absolute Gasteiger partial charge is 0.325 e. The highest BCUT2D eigenvalue weighted by Gasteiger charge is 2.16. The lowest BCUT2D eigenvalue weighted by atomic mass is 10.5. The molecule has 0 aliphatic carbocycles. The number of aromatic nitrogens is 5. The first-order valence-corrected chi connectivity index (χ1v) is 7.08. The van der Waals surface area contributed by atoms with Crippen LogP contribution in [0, 0.1) is 6.92 Å². The summed E-state index contributed by atoms with van der Waals surface area (Å²) in [5, 5.41) is 11.9. The molecule has 0 spiro atoms. The van der Waals surface area contributed by atoms with Crippen LogP contribution in [0.25, 0.3) is 4.96 Å². The van der Waals surface area contributed by atoms with E-state index in [0.717, 1.165) is 26.7 Å². The quantitative estimate of drug-likeness (QED) is 0.786. The van der Waals surface area contributed by atoms with Crippen LogP contribution in [0.3, 0.4) is 0 Å². The van der Waals surface area contributed by atoms with E-state index in [2.05, 4.69) is 15.2 Å². The van der Waals surface area contributed by atoms with E-state index in [4.69, 9.17) is 5.73 Å². The molecule has 0 bridgehead atoms. The molecule has 3 aromatic rings. The Hall–Kier alpha value is -1.38. The fraction of sp³-hybridized carbons (Fsp3) is 0.300. The molecule has 3 rings (SSSR count). The van der Waals surface area contributed by atoms with Crippen molar-refractivity contribution in [2.75, 3.05) is 0 Å². The third-order valence-corrected chi connectivity index (χ3v) is 4.57. The van der Waals surface area contributed by atoms with Gasteiger partial charge in [0.2, 0.25) is 0 Å². The Labute approximate surface area is 112 Å². The van der Waals surface area contributed by atoms with E-state index in [0.29, 0.717) is 6.54 Å². The van der Waals surface area contributed by atoms with Gasteiger partial charge in [-0.15, -0.1) is 21.5 Å². The van der Waals surface area contributed by atoms with Crippen molar-refractivity contribution in [2.45, 2.75) is 23.7 Å². The molecule has 94 valence electrons. The Bertz CT molecular complexity index is 694. The predicted octanol–water partition coefficient (Wildman–Crippen LogP) is 1.44.